The van der Waals surface area contributed by atoms with E-state index >= 15 is 0 Å². The number of alkyl halides is 3. The van der Waals surface area contributed by atoms with Gasteiger partial charge in [0.05, 0.1) is 4.88 Å². The van der Waals surface area contributed by atoms with Gasteiger partial charge in [-0.05, 0) is 42.3 Å². The third-order valence-corrected chi connectivity index (χ3v) is 4.97. The second kappa shape index (κ2) is 4.73. The minimum Gasteiger partial charge on any atom is -0.383 e. The molecule has 0 radical (unpaired) electrons. The average molecular weight is 312 g/mol. The lowest BCUT2D eigenvalue weighted by atomic mass is 9.78. The summed E-state index contributed by atoms with van der Waals surface area (Å²) in [7, 11) is 0. The Hall–Kier alpha value is -1.56. The van der Waals surface area contributed by atoms with Crippen LogP contribution in [0.2, 0.25) is 0 Å². The smallest absolute Gasteiger partial charge is 0.383 e. The van der Waals surface area contributed by atoms with Crippen LogP contribution in [0.4, 0.5) is 13.2 Å². The highest BCUT2D eigenvalue weighted by Gasteiger charge is 2.58. The van der Waals surface area contributed by atoms with Gasteiger partial charge in [-0.25, -0.2) is 4.99 Å². The zero-order valence-electron chi connectivity index (χ0n) is 11.5. The first-order valence-electron chi connectivity index (χ1n) is 6.70. The summed E-state index contributed by atoms with van der Waals surface area (Å²) in [6, 6.07) is 1.71. The maximum atomic E-state index is 13.9. The van der Waals surface area contributed by atoms with Gasteiger partial charge in [-0.3, -0.25) is 0 Å². The van der Waals surface area contributed by atoms with Gasteiger partial charge < -0.3 is 5.73 Å². The molecule has 1 aliphatic heterocycles. The van der Waals surface area contributed by atoms with Crippen molar-refractivity contribution in [2.45, 2.75) is 37.9 Å². The Morgan fingerprint density at radius 1 is 1.38 bits per heavy atom. The number of hydrogen-bond donors (Lipinski definition) is 1. The first-order valence-corrected chi connectivity index (χ1v) is 7.58. The van der Waals surface area contributed by atoms with Crippen LogP contribution in [-0.4, -0.2) is 17.6 Å². The van der Waals surface area contributed by atoms with Crippen LogP contribution in [0.25, 0.3) is 0 Å². The van der Waals surface area contributed by atoms with E-state index in [0.717, 1.165) is 12.0 Å². The minimum absolute atomic E-state index is 0.0129. The summed E-state index contributed by atoms with van der Waals surface area (Å²) in [5.41, 5.74) is 5.37. The van der Waals surface area contributed by atoms with Crippen molar-refractivity contribution in [1.82, 2.24) is 0 Å². The van der Waals surface area contributed by atoms with Gasteiger partial charge in [-0.1, -0.05) is 17.7 Å². The largest absolute Gasteiger partial charge is 0.418 e. The number of thiophene rings is 1. The molecule has 1 unspecified atom stereocenters. The lowest BCUT2D eigenvalue weighted by Gasteiger charge is -2.37. The van der Waals surface area contributed by atoms with E-state index in [4.69, 9.17) is 5.73 Å². The van der Waals surface area contributed by atoms with Gasteiger partial charge in [0, 0.05) is 6.42 Å². The maximum Gasteiger partial charge on any atom is 0.418 e. The van der Waals surface area contributed by atoms with Gasteiger partial charge in [0.1, 0.15) is 5.84 Å². The molecular weight excluding hydrogens is 297 g/mol. The highest BCUT2D eigenvalue weighted by atomic mass is 32.1. The normalized spacial score (nSPS) is 25.8. The molecule has 21 heavy (non-hydrogen) atoms. The Balaban J connectivity index is 2.18. The molecule has 0 bridgehead atoms. The number of hydrogen-bond acceptors (Lipinski definition) is 3. The van der Waals surface area contributed by atoms with Crippen molar-refractivity contribution >= 4 is 17.2 Å². The summed E-state index contributed by atoms with van der Waals surface area (Å²) >= 11 is 1.33. The molecule has 3 rings (SSSR count). The molecule has 1 atom stereocenters. The summed E-state index contributed by atoms with van der Waals surface area (Å²) < 4.78 is 41.6. The molecule has 1 aliphatic carbocycles. The van der Waals surface area contributed by atoms with Crippen molar-refractivity contribution in [3.05, 3.63) is 45.2 Å². The van der Waals surface area contributed by atoms with Crippen molar-refractivity contribution in [3.8, 4) is 0 Å². The van der Waals surface area contributed by atoms with Crippen LogP contribution in [0.1, 0.15) is 30.2 Å². The number of allylic oxidation sites excluding steroid dienone is 2. The summed E-state index contributed by atoms with van der Waals surface area (Å²) in [6.45, 7) is 1.85. The highest BCUT2D eigenvalue weighted by molar-refractivity contribution is 7.12. The predicted molar refractivity (Wildman–Crippen MR) is 78.6 cm³/mol. The van der Waals surface area contributed by atoms with Crippen molar-refractivity contribution in [2.75, 3.05) is 0 Å². The van der Waals surface area contributed by atoms with E-state index in [-0.39, 0.29) is 17.8 Å². The van der Waals surface area contributed by atoms with Crippen LogP contribution in [0.3, 0.4) is 0 Å². The predicted octanol–water partition coefficient (Wildman–Crippen LogP) is 3.98. The van der Waals surface area contributed by atoms with Gasteiger partial charge in [0.2, 0.25) is 0 Å². The van der Waals surface area contributed by atoms with Crippen LogP contribution >= 0.6 is 11.3 Å². The van der Waals surface area contributed by atoms with E-state index in [9.17, 15) is 13.2 Å². The van der Waals surface area contributed by atoms with Gasteiger partial charge in [0.15, 0.2) is 5.54 Å². The number of aliphatic imine (C=N–C) groups is 1. The Kier molecular flexibility index (Phi) is 3.24. The standard InChI is InChI=1S/C15H15F3N2S/c1-9-3-2-4-11(7-9)14(15(16,17)18)8-10-5-6-21-12(10)13(19)20-14/h4-7H,2-3,8H2,1H3,(H2,19,20). The van der Waals surface area contributed by atoms with E-state index in [1.54, 1.807) is 23.6 Å². The Labute approximate surface area is 124 Å². The van der Waals surface area contributed by atoms with E-state index in [1.807, 2.05) is 6.92 Å². The van der Waals surface area contributed by atoms with Crippen LogP contribution in [0.5, 0.6) is 0 Å². The van der Waals surface area contributed by atoms with Crippen LogP contribution in [-0.2, 0) is 6.42 Å². The zero-order chi connectivity index (χ0) is 15.3. The molecule has 0 aromatic carbocycles. The molecule has 6 heteroatoms. The van der Waals surface area contributed by atoms with Gasteiger partial charge >= 0.3 is 6.18 Å². The number of fused-ring (bicyclic) bond motifs is 1. The molecule has 0 spiro atoms. The second-order valence-electron chi connectivity index (χ2n) is 5.50. The lowest BCUT2D eigenvalue weighted by Crippen LogP contribution is -2.50. The Morgan fingerprint density at radius 2 is 2.14 bits per heavy atom. The third kappa shape index (κ3) is 2.21. The first kappa shape index (κ1) is 14.4. The van der Waals surface area contributed by atoms with Crippen molar-refractivity contribution < 1.29 is 13.2 Å². The quantitative estimate of drug-likeness (QED) is 0.837. The summed E-state index contributed by atoms with van der Waals surface area (Å²) in [4.78, 5) is 4.58. The number of nitrogens with zero attached hydrogens (tertiary/aromatic N) is 1. The van der Waals surface area contributed by atoms with Crippen molar-refractivity contribution in [1.29, 1.82) is 0 Å². The molecular formula is C15H15F3N2S. The van der Waals surface area contributed by atoms with E-state index in [0.29, 0.717) is 16.9 Å². The van der Waals surface area contributed by atoms with Gasteiger partial charge in [0.25, 0.3) is 0 Å². The number of amidine groups is 1. The molecule has 1 aromatic heterocycles. The molecule has 2 aliphatic rings. The molecule has 0 saturated heterocycles. The molecule has 2 heterocycles. The molecule has 0 fully saturated rings. The fourth-order valence-corrected chi connectivity index (χ4v) is 3.73. The van der Waals surface area contributed by atoms with Crippen molar-refractivity contribution in [2.24, 2.45) is 10.7 Å². The highest BCUT2D eigenvalue weighted by Crippen LogP contribution is 2.47. The van der Waals surface area contributed by atoms with E-state index in [2.05, 4.69) is 4.99 Å². The first-order chi connectivity index (χ1) is 9.83. The molecule has 2 nitrogen and oxygen atoms in total. The van der Waals surface area contributed by atoms with Crippen LogP contribution in [0, 0.1) is 0 Å². The summed E-state index contributed by atoms with van der Waals surface area (Å²) in [6.07, 6.45) is 0.0182. The second-order valence-corrected chi connectivity index (χ2v) is 6.41. The fraction of sp³-hybridized carbons (Fsp3) is 0.400. The monoisotopic (exact) mass is 312 g/mol. The third-order valence-electron chi connectivity index (χ3n) is 3.99. The summed E-state index contributed by atoms with van der Waals surface area (Å²) in [5.74, 6) is -0.0129. The lowest BCUT2D eigenvalue weighted by molar-refractivity contribution is -0.173. The van der Waals surface area contributed by atoms with Gasteiger partial charge in [-0.15, -0.1) is 11.3 Å². The summed E-state index contributed by atoms with van der Waals surface area (Å²) in [5, 5.41) is 1.76. The number of nitrogens with two attached hydrogens (primary N) is 1. The fourth-order valence-electron chi connectivity index (χ4n) is 2.91. The topological polar surface area (TPSA) is 38.4 Å². The average Bonchev–Trinajstić information content (AvgIpc) is 2.86. The maximum absolute atomic E-state index is 13.9. The van der Waals surface area contributed by atoms with Crippen molar-refractivity contribution in [3.63, 3.8) is 0 Å². The molecule has 0 saturated carbocycles. The van der Waals surface area contributed by atoms with E-state index in [1.165, 1.54) is 11.3 Å². The molecule has 0 amide bonds. The minimum atomic E-state index is -4.48. The zero-order valence-corrected chi connectivity index (χ0v) is 12.3. The van der Waals surface area contributed by atoms with E-state index < -0.39 is 11.7 Å². The SMILES string of the molecule is CC1=CC(C2(C(F)(F)F)Cc3ccsc3C(N)=N2)=CCC1. The molecule has 2 N–H and O–H groups in total. The number of halogens is 3. The number of rotatable bonds is 1. The Bertz CT molecular complexity index is 667. The van der Waals surface area contributed by atoms with Crippen LogP contribution < -0.4 is 5.73 Å². The Morgan fingerprint density at radius 3 is 2.81 bits per heavy atom. The molecule has 112 valence electrons. The molecule has 1 aromatic rings. The van der Waals surface area contributed by atoms with Crippen LogP contribution in [0.15, 0.2) is 39.7 Å². The van der Waals surface area contributed by atoms with Gasteiger partial charge in [-0.2, -0.15) is 13.2 Å².